The van der Waals surface area contributed by atoms with Gasteiger partial charge in [0.25, 0.3) is 0 Å². The molecule has 0 aromatic carbocycles. The number of nitrogens with zero attached hydrogens (tertiary/aromatic N) is 1. The molecule has 1 rings (SSSR count). The average Bonchev–Trinajstić information content (AvgIpc) is 2.34. The Hall–Kier alpha value is -0.830. The highest BCUT2D eigenvalue weighted by molar-refractivity contribution is 5.87. The molecule has 1 amide bonds. The summed E-state index contributed by atoms with van der Waals surface area (Å²) < 4.78 is 5.20. The minimum atomic E-state index is 0.138. The Balaban J connectivity index is 2.10. The lowest BCUT2D eigenvalue weighted by Gasteiger charge is -2.25. The van der Waals surface area contributed by atoms with E-state index in [9.17, 15) is 4.79 Å². The molecule has 0 aromatic rings. The van der Waals surface area contributed by atoms with Gasteiger partial charge in [-0.05, 0) is 18.9 Å². The second kappa shape index (κ2) is 8.34. The van der Waals surface area contributed by atoms with Gasteiger partial charge in [-0.15, -0.1) is 0 Å². The molecule has 0 saturated carbocycles. The van der Waals surface area contributed by atoms with Crippen molar-refractivity contribution in [3.05, 3.63) is 12.2 Å². The molecule has 0 unspecified atom stereocenters. The van der Waals surface area contributed by atoms with Crippen molar-refractivity contribution in [2.24, 2.45) is 0 Å². The number of hydrogen-bond donors (Lipinski definition) is 0. The molecule has 0 aliphatic carbocycles. The van der Waals surface area contributed by atoms with Crippen LogP contribution in [0.15, 0.2) is 12.2 Å². The molecule has 1 heterocycles. The highest BCUT2D eigenvalue weighted by atomic mass is 16.5. The lowest BCUT2D eigenvalue weighted by molar-refractivity contribution is -0.129. The highest BCUT2D eigenvalue weighted by Crippen LogP contribution is 2.04. The summed E-state index contributed by atoms with van der Waals surface area (Å²) in [7, 11) is 0. The van der Waals surface area contributed by atoms with Crippen molar-refractivity contribution in [2.45, 2.75) is 39.0 Å². The van der Waals surface area contributed by atoms with Gasteiger partial charge in [-0.3, -0.25) is 4.79 Å². The SMILES string of the molecule is CCCCCCC=CC(=O)N1CCOCC1. The lowest BCUT2D eigenvalue weighted by atomic mass is 10.1. The van der Waals surface area contributed by atoms with Gasteiger partial charge in [0.2, 0.25) is 5.91 Å². The number of unbranched alkanes of at least 4 members (excludes halogenated alkanes) is 4. The quantitative estimate of drug-likeness (QED) is 0.513. The van der Waals surface area contributed by atoms with Crippen LogP contribution in [0.2, 0.25) is 0 Å². The first-order valence-electron chi connectivity index (χ1n) is 6.37. The van der Waals surface area contributed by atoms with Crippen LogP contribution in [0, 0.1) is 0 Å². The number of ether oxygens (including phenoxy) is 1. The second-order valence-electron chi connectivity index (χ2n) is 4.19. The Morgan fingerprint density at radius 2 is 2.00 bits per heavy atom. The Labute approximate surface area is 98.5 Å². The van der Waals surface area contributed by atoms with Crippen LogP contribution >= 0.6 is 0 Å². The molecule has 3 nitrogen and oxygen atoms in total. The Kier molecular flexibility index (Phi) is 6.90. The summed E-state index contributed by atoms with van der Waals surface area (Å²) in [6, 6.07) is 0. The normalized spacial score (nSPS) is 16.9. The zero-order valence-electron chi connectivity index (χ0n) is 10.3. The molecule has 0 bridgehead atoms. The molecule has 16 heavy (non-hydrogen) atoms. The first kappa shape index (κ1) is 13.2. The van der Waals surface area contributed by atoms with E-state index in [0.717, 1.165) is 19.5 Å². The molecular weight excluding hydrogens is 202 g/mol. The first-order valence-corrected chi connectivity index (χ1v) is 6.37. The maximum atomic E-state index is 11.7. The largest absolute Gasteiger partial charge is 0.378 e. The maximum absolute atomic E-state index is 11.7. The third-order valence-corrected chi connectivity index (χ3v) is 2.81. The minimum absolute atomic E-state index is 0.138. The van der Waals surface area contributed by atoms with Crippen molar-refractivity contribution in [2.75, 3.05) is 26.3 Å². The van der Waals surface area contributed by atoms with E-state index >= 15 is 0 Å². The molecule has 1 aliphatic heterocycles. The zero-order valence-corrected chi connectivity index (χ0v) is 10.3. The minimum Gasteiger partial charge on any atom is -0.378 e. The molecule has 0 spiro atoms. The van der Waals surface area contributed by atoms with E-state index in [0.29, 0.717) is 13.2 Å². The molecule has 1 saturated heterocycles. The van der Waals surface area contributed by atoms with Gasteiger partial charge >= 0.3 is 0 Å². The third kappa shape index (κ3) is 5.31. The summed E-state index contributed by atoms with van der Waals surface area (Å²) >= 11 is 0. The average molecular weight is 225 g/mol. The maximum Gasteiger partial charge on any atom is 0.246 e. The predicted octanol–water partition coefficient (Wildman–Crippen LogP) is 2.37. The second-order valence-corrected chi connectivity index (χ2v) is 4.19. The fraction of sp³-hybridized carbons (Fsp3) is 0.769. The van der Waals surface area contributed by atoms with Gasteiger partial charge in [-0.2, -0.15) is 0 Å². The predicted molar refractivity (Wildman–Crippen MR) is 65.3 cm³/mol. The molecule has 92 valence electrons. The van der Waals surface area contributed by atoms with Gasteiger partial charge in [0, 0.05) is 13.1 Å². The zero-order chi connectivity index (χ0) is 11.6. The van der Waals surface area contributed by atoms with E-state index in [4.69, 9.17) is 4.74 Å². The fourth-order valence-corrected chi connectivity index (χ4v) is 1.76. The smallest absolute Gasteiger partial charge is 0.246 e. The summed E-state index contributed by atoms with van der Waals surface area (Å²) in [5.41, 5.74) is 0. The number of carbonyl (C=O) groups is 1. The van der Waals surface area contributed by atoms with Crippen LogP contribution in [0.25, 0.3) is 0 Å². The molecule has 1 aliphatic rings. The van der Waals surface area contributed by atoms with E-state index in [-0.39, 0.29) is 5.91 Å². The Bertz CT molecular complexity index is 220. The van der Waals surface area contributed by atoms with Crippen molar-refractivity contribution in [1.29, 1.82) is 0 Å². The van der Waals surface area contributed by atoms with E-state index in [1.807, 2.05) is 11.0 Å². The Morgan fingerprint density at radius 3 is 2.69 bits per heavy atom. The molecule has 0 N–H and O–H groups in total. The van der Waals surface area contributed by atoms with Crippen molar-refractivity contribution < 1.29 is 9.53 Å². The van der Waals surface area contributed by atoms with Crippen LogP contribution < -0.4 is 0 Å². The number of allylic oxidation sites excluding steroid dienone is 1. The van der Waals surface area contributed by atoms with Crippen molar-refractivity contribution in [3.63, 3.8) is 0 Å². The van der Waals surface area contributed by atoms with Crippen molar-refractivity contribution >= 4 is 5.91 Å². The number of morpholine rings is 1. The number of rotatable bonds is 6. The van der Waals surface area contributed by atoms with E-state index in [1.165, 1.54) is 25.7 Å². The third-order valence-electron chi connectivity index (χ3n) is 2.81. The Morgan fingerprint density at radius 1 is 1.25 bits per heavy atom. The topological polar surface area (TPSA) is 29.5 Å². The number of amides is 1. The van der Waals surface area contributed by atoms with Crippen LogP contribution in [-0.2, 0) is 9.53 Å². The highest BCUT2D eigenvalue weighted by Gasteiger charge is 2.13. The van der Waals surface area contributed by atoms with E-state index < -0.39 is 0 Å². The van der Waals surface area contributed by atoms with Crippen LogP contribution in [0.5, 0.6) is 0 Å². The van der Waals surface area contributed by atoms with Crippen LogP contribution in [-0.4, -0.2) is 37.1 Å². The summed E-state index contributed by atoms with van der Waals surface area (Å²) in [6.45, 7) is 5.03. The van der Waals surface area contributed by atoms with Crippen molar-refractivity contribution in [1.82, 2.24) is 4.90 Å². The van der Waals surface area contributed by atoms with Crippen LogP contribution in [0.4, 0.5) is 0 Å². The van der Waals surface area contributed by atoms with Gasteiger partial charge < -0.3 is 9.64 Å². The molecule has 0 radical (unpaired) electrons. The van der Waals surface area contributed by atoms with E-state index in [2.05, 4.69) is 6.92 Å². The standard InChI is InChI=1S/C13H23NO2/c1-2-3-4-5-6-7-8-13(15)14-9-11-16-12-10-14/h7-8H,2-6,9-12H2,1H3. The summed E-state index contributed by atoms with van der Waals surface area (Å²) in [5, 5.41) is 0. The molecular formula is C13H23NO2. The van der Waals surface area contributed by atoms with Crippen molar-refractivity contribution in [3.8, 4) is 0 Å². The summed E-state index contributed by atoms with van der Waals surface area (Å²) in [5.74, 6) is 0.138. The van der Waals surface area contributed by atoms with Gasteiger partial charge in [0.1, 0.15) is 0 Å². The van der Waals surface area contributed by atoms with Crippen LogP contribution in [0.1, 0.15) is 39.0 Å². The number of hydrogen-bond acceptors (Lipinski definition) is 2. The van der Waals surface area contributed by atoms with Gasteiger partial charge in [-0.25, -0.2) is 0 Å². The van der Waals surface area contributed by atoms with E-state index in [1.54, 1.807) is 6.08 Å². The molecule has 1 fully saturated rings. The first-order chi connectivity index (χ1) is 7.84. The summed E-state index contributed by atoms with van der Waals surface area (Å²) in [6.07, 6.45) is 9.77. The molecule has 0 atom stereocenters. The lowest BCUT2D eigenvalue weighted by Crippen LogP contribution is -2.39. The monoisotopic (exact) mass is 225 g/mol. The number of carbonyl (C=O) groups excluding carboxylic acids is 1. The van der Waals surface area contributed by atoms with Gasteiger partial charge in [0.15, 0.2) is 0 Å². The molecule has 0 aromatic heterocycles. The van der Waals surface area contributed by atoms with Gasteiger partial charge in [0.05, 0.1) is 13.2 Å². The van der Waals surface area contributed by atoms with Crippen LogP contribution in [0.3, 0.4) is 0 Å². The van der Waals surface area contributed by atoms with Gasteiger partial charge in [-0.1, -0.05) is 32.3 Å². The summed E-state index contributed by atoms with van der Waals surface area (Å²) in [4.78, 5) is 13.5. The molecule has 3 heteroatoms. The fourth-order valence-electron chi connectivity index (χ4n) is 1.76.